The van der Waals surface area contributed by atoms with Crippen LogP contribution in [0.25, 0.3) is 76.8 Å². The summed E-state index contributed by atoms with van der Waals surface area (Å²) in [4.78, 5) is 3.24. The molecule has 0 fully saturated rings. The molecule has 0 saturated carbocycles. The first-order valence-electron chi connectivity index (χ1n) is 24.1. The second-order valence-corrected chi connectivity index (χ2v) is 18.7. The van der Waals surface area contributed by atoms with Crippen LogP contribution in [-0.4, -0.2) is 0 Å². The van der Waals surface area contributed by atoms with Gasteiger partial charge in [0.05, 0.1) is 34.1 Å². The molecule has 2 nitrogen and oxygen atoms in total. The molecule has 0 aliphatic rings. The number of hydrogen-bond acceptors (Lipinski definition) is 2. The third-order valence-corrected chi connectivity index (χ3v) is 14.0. The van der Waals surface area contributed by atoms with Crippen molar-refractivity contribution in [3.63, 3.8) is 0 Å². The van der Waals surface area contributed by atoms with Gasteiger partial charge in [-0.2, -0.15) is 0 Å². The lowest BCUT2D eigenvalue weighted by Gasteiger charge is -2.30. The molecule has 0 unspecified atom stereocenters. The van der Waals surface area contributed by atoms with Crippen LogP contribution in [-0.2, 0) is 0 Å². The van der Waals surface area contributed by atoms with Crippen molar-refractivity contribution in [2.75, 3.05) is 9.80 Å². The van der Waals surface area contributed by atoms with Crippen LogP contribution in [0, 0.1) is 48.8 Å². The van der Waals surface area contributed by atoms with E-state index in [4.69, 9.17) is 0 Å². The Hall–Kier alpha value is -9.14. The summed E-state index contributed by atoms with van der Waals surface area (Å²) in [6, 6.07) is 62.6. The molecule has 0 aliphatic carbocycles. The summed E-state index contributed by atoms with van der Waals surface area (Å²) in [6.07, 6.45) is 0. The predicted octanol–water partition coefficient (Wildman–Crippen LogP) is 19.6. The van der Waals surface area contributed by atoms with Gasteiger partial charge in [0.1, 0.15) is 34.9 Å². The summed E-state index contributed by atoms with van der Waals surface area (Å²) in [7, 11) is 0. The fourth-order valence-electron chi connectivity index (χ4n) is 10.2. The summed E-state index contributed by atoms with van der Waals surface area (Å²) >= 11 is 0. The Morgan fingerprint density at radius 1 is 0.243 bits per heavy atom. The second kappa shape index (κ2) is 18.5. The quantitative estimate of drug-likeness (QED) is 0.0995. The molecule has 8 heteroatoms. The molecule has 0 radical (unpaired) electrons. The van der Waals surface area contributed by atoms with Gasteiger partial charge in [-0.05, 0) is 176 Å². The molecule has 0 spiro atoms. The topological polar surface area (TPSA) is 6.48 Å². The number of rotatable bonds is 10. The van der Waals surface area contributed by atoms with Crippen molar-refractivity contribution in [3.8, 4) is 44.5 Å². The maximum atomic E-state index is 16.8. The van der Waals surface area contributed by atoms with E-state index in [0.717, 1.165) is 54.9 Å². The van der Waals surface area contributed by atoms with Crippen LogP contribution in [0.2, 0.25) is 0 Å². The van der Waals surface area contributed by atoms with Crippen molar-refractivity contribution in [1.82, 2.24) is 0 Å². The Balaban J connectivity index is 1.02. The van der Waals surface area contributed by atoms with Crippen LogP contribution < -0.4 is 9.80 Å². The van der Waals surface area contributed by atoms with Crippen LogP contribution >= 0.6 is 0 Å². The van der Waals surface area contributed by atoms with Gasteiger partial charge >= 0.3 is 0 Å². The third-order valence-electron chi connectivity index (χ3n) is 14.0. The van der Waals surface area contributed by atoms with E-state index in [1.807, 2.05) is 97.1 Å². The summed E-state index contributed by atoms with van der Waals surface area (Å²) in [5.74, 6) is -2.89. The van der Waals surface area contributed by atoms with Crippen LogP contribution in [0.15, 0.2) is 218 Å². The van der Waals surface area contributed by atoms with E-state index in [1.165, 1.54) is 48.5 Å². The SMILES string of the molecule is Cc1ccc(N(c2cc(-c3ccc(-c4ccc(F)cc4)cc3)ccc2F)c2ccc3ccc4c(N(c5ccc(C)cc5F)c5cc(-c6ccc(-c7ccc(F)cc7)cc6)ccc5F)ccc5ccc2c3c54)c(F)c1. The Bertz CT molecular complexity index is 3830. The van der Waals surface area contributed by atoms with Gasteiger partial charge in [-0.3, -0.25) is 0 Å². The average molecular weight is 977 g/mol. The van der Waals surface area contributed by atoms with E-state index in [0.29, 0.717) is 44.4 Å². The van der Waals surface area contributed by atoms with Gasteiger partial charge in [0.25, 0.3) is 0 Å². The normalized spacial score (nSPS) is 11.5. The molecule has 12 rings (SSSR count). The van der Waals surface area contributed by atoms with E-state index in [2.05, 4.69) is 0 Å². The van der Waals surface area contributed by atoms with Gasteiger partial charge in [-0.1, -0.05) is 133 Å². The summed E-state index contributed by atoms with van der Waals surface area (Å²) in [5, 5.41) is 4.68. The zero-order valence-electron chi connectivity index (χ0n) is 39.9. The Morgan fingerprint density at radius 2 is 0.541 bits per heavy atom. The Morgan fingerprint density at radius 3 is 0.892 bits per heavy atom. The third kappa shape index (κ3) is 8.24. The molecule has 0 amide bonds. The molecule has 0 aliphatic heterocycles. The Labute approximate surface area is 423 Å². The standard InChI is InChI=1S/C66H42F6N2/c1-39-3-31-61(57(71)35-39)73(63-37-49(19-29-55(63)69)45-9-5-41(6-10-45)43-13-23-51(67)24-14-43)59-33-21-47-18-28-54-60(34-22-48-17-27-53(59)65(47)66(48)54)74(62-32-4-40(2)36-58(62)72)64-38-50(20-30-56(64)70)46-11-7-42(8-12-46)44-15-25-52(68)26-16-44/h3-38H,1-2H3. The van der Waals surface area contributed by atoms with Crippen molar-refractivity contribution in [2.45, 2.75) is 13.8 Å². The lowest BCUT2D eigenvalue weighted by molar-refractivity contribution is 0.618. The van der Waals surface area contributed by atoms with E-state index < -0.39 is 23.3 Å². The first-order valence-corrected chi connectivity index (χ1v) is 24.1. The molecular weight excluding hydrogens is 935 g/mol. The average Bonchev–Trinajstić information content (AvgIpc) is 3.42. The molecule has 0 saturated heterocycles. The van der Waals surface area contributed by atoms with E-state index in [9.17, 15) is 8.78 Å². The minimum atomic E-state index is -0.575. The van der Waals surface area contributed by atoms with Crippen molar-refractivity contribution in [2.24, 2.45) is 0 Å². The number of benzene rings is 12. The fraction of sp³-hybridized carbons (Fsp3) is 0.0303. The zero-order valence-corrected chi connectivity index (χ0v) is 39.9. The number of nitrogens with zero attached hydrogens (tertiary/aromatic N) is 2. The molecular formula is C66H42F6N2. The van der Waals surface area contributed by atoms with E-state index >= 15 is 17.6 Å². The van der Waals surface area contributed by atoms with Gasteiger partial charge in [0.15, 0.2) is 0 Å². The molecule has 0 atom stereocenters. The highest BCUT2D eigenvalue weighted by molar-refractivity contribution is 6.28. The molecule has 12 aromatic carbocycles. The lowest BCUT2D eigenvalue weighted by Crippen LogP contribution is -2.15. The van der Waals surface area contributed by atoms with Crippen LogP contribution in [0.4, 0.5) is 60.5 Å². The smallest absolute Gasteiger partial charge is 0.147 e. The van der Waals surface area contributed by atoms with Gasteiger partial charge in [0, 0.05) is 10.8 Å². The van der Waals surface area contributed by atoms with E-state index in [1.54, 1.807) is 96.4 Å². The molecule has 12 aromatic rings. The molecule has 0 heterocycles. The number of halogens is 6. The molecule has 0 bridgehead atoms. The van der Waals surface area contributed by atoms with Crippen molar-refractivity contribution in [1.29, 1.82) is 0 Å². The van der Waals surface area contributed by atoms with Gasteiger partial charge in [0.2, 0.25) is 0 Å². The van der Waals surface area contributed by atoms with Crippen LogP contribution in [0.5, 0.6) is 0 Å². The van der Waals surface area contributed by atoms with Crippen molar-refractivity contribution >= 4 is 66.4 Å². The van der Waals surface area contributed by atoms with Crippen LogP contribution in [0.1, 0.15) is 11.1 Å². The first kappa shape index (κ1) is 46.0. The second-order valence-electron chi connectivity index (χ2n) is 18.7. The molecule has 0 N–H and O–H groups in total. The predicted molar refractivity (Wildman–Crippen MR) is 290 cm³/mol. The van der Waals surface area contributed by atoms with Crippen molar-refractivity contribution < 1.29 is 26.3 Å². The fourth-order valence-corrected chi connectivity index (χ4v) is 10.2. The van der Waals surface area contributed by atoms with Crippen LogP contribution in [0.3, 0.4) is 0 Å². The molecule has 74 heavy (non-hydrogen) atoms. The van der Waals surface area contributed by atoms with Gasteiger partial charge in [-0.25, -0.2) is 26.3 Å². The van der Waals surface area contributed by atoms with E-state index in [-0.39, 0.29) is 34.4 Å². The highest BCUT2D eigenvalue weighted by atomic mass is 19.1. The zero-order chi connectivity index (χ0) is 50.8. The van der Waals surface area contributed by atoms with Gasteiger partial charge in [-0.15, -0.1) is 0 Å². The highest BCUT2D eigenvalue weighted by Gasteiger charge is 2.27. The number of hydrogen-bond donors (Lipinski definition) is 0. The lowest BCUT2D eigenvalue weighted by atomic mass is 9.91. The minimum absolute atomic E-state index is 0.116. The number of aryl methyl sites for hydroxylation is 2. The van der Waals surface area contributed by atoms with Crippen molar-refractivity contribution in [3.05, 3.63) is 264 Å². The first-order chi connectivity index (χ1) is 35.9. The monoisotopic (exact) mass is 976 g/mol. The highest BCUT2D eigenvalue weighted by Crippen LogP contribution is 2.50. The minimum Gasteiger partial charge on any atom is -0.304 e. The Kier molecular flexibility index (Phi) is 11.5. The number of anilines is 6. The largest absolute Gasteiger partial charge is 0.304 e. The molecule has 358 valence electrons. The van der Waals surface area contributed by atoms with Gasteiger partial charge < -0.3 is 9.80 Å². The summed E-state index contributed by atoms with van der Waals surface area (Å²) < 4.78 is 94.1. The summed E-state index contributed by atoms with van der Waals surface area (Å²) in [6.45, 7) is 3.59. The molecule has 0 aromatic heterocycles. The maximum Gasteiger partial charge on any atom is 0.147 e. The summed E-state index contributed by atoms with van der Waals surface area (Å²) in [5.41, 5.74) is 9.33. The maximum absolute atomic E-state index is 16.8.